The fraction of sp³-hybridized carbons (Fsp3) is 0. The van der Waals surface area contributed by atoms with Gasteiger partial charge in [-0.15, -0.1) is 0 Å². The van der Waals surface area contributed by atoms with Crippen LogP contribution in [0.1, 0.15) is 31.8 Å². The highest BCUT2D eigenvalue weighted by molar-refractivity contribution is 6.33. The quantitative estimate of drug-likeness (QED) is 0.607. The molecule has 2 aromatic rings. The van der Waals surface area contributed by atoms with E-state index in [0.717, 1.165) is 0 Å². The first-order chi connectivity index (χ1) is 8.18. The first kappa shape index (κ1) is 10.2. The van der Waals surface area contributed by atoms with Crippen molar-refractivity contribution >= 4 is 23.2 Å². The Morgan fingerprint density at radius 3 is 1.88 bits per heavy atom. The van der Waals surface area contributed by atoms with Crippen LogP contribution >= 0.6 is 11.6 Å². The van der Waals surface area contributed by atoms with Crippen LogP contribution < -0.4 is 0 Å². The number of halogens is 1. The minimum Gasteiger partial charge on any atom is -0.289 e. The Morgan fingerprint density at radius 2 is 1.24 bits per heavy atom. The number of rotatable bonds is 0. The number of carbonyl (C=O) groups is 2. The molecule has 0 bridgehead atoms. The number of ketones is 2. The van der Waals surface area contributed by atoms with Crippen molar-refractivity contribution in [1.29, 1.82) is 0 Å². The third-order valence-corrected chi connectivity index (χ3v) is 3.12. The second-order valence-corrected chi connectivity index (χ2v) is 4.33. The van der Waals surface area contributed by atoms with Crippen molar-refractivity contribution in [1.82, 2.24) is 0 Å². The van der Waals surface area contributed by atoms with Gasteiger partial charge in [-0.1, -0.05) is 35.9 Å². The molecule has 82 valence electrons. The summed E-state index contributed by atoms with van der Waals surface area (Å²) in [4.78, 5) is 24.4. The zero-order valence-electron chi connectivity index (χ0n) is 8.74. The molecule has 0 atom stereocenters. The lowest BCUT2D eigenvalue weighted by atomic mass is 9.84. The van der Waals surface area contributed by atoms with E-state index in [1.165, 1.54) is 0 Å². The van der Waals surface area contributed by atoms with Crippen LogP contribution in [-0.4, -0.2) is 11.6 Å². The van der Waals surface area contributed by atoms with Gasteiger partial charge in [-0.25, -0.2) is 0 Å². The van der Waals surface area contributed by atoms with Crippen LogP contribution in [0.3, 0.4) is 0 Å². The lowest BCUT2D eigenvalue weighted by molar-refractivity contribution is 0.0979. The Kier molecular flexibility index (Phi) is 2.13. The highest BCUT2D eigenvalue weighted by atomic mass is 35.5. The average molecular weight is 243 g/mol. The largest absolute Gasteiger partial charge is 0.289 e. The standard InChI is InChI=1S/C14H7ClO2/c15-8-5-6-11-12(7-8)14(17)10-4-2-1-3-9(10)13(11)16/h1-7H. The Morgan fingerprint density at radius 1 is 0.706 bits per heavy atom. The van der Waals surface area contributed by atoms with Crippen LogP contribution in [0.15, 0.2) is 42.5 Å². The molecule has 0 unspecified atom stereocenters. The molecule has 17 heavy (non-hydrogen) atoms. The van der Waals surface area contributed by atoms with Crippen LogP contribution in [0.2, 0.25) is 5.02 Å². The topological polar surface area (TPSA) is 34.1 Å². The SMILES string of the molecule is O=C1c2ccccc2C(=O)c2cc(Cl)ccc21. The minimum absolute atomic E-state index is 0.119. The van der Waals surface area contributed by atoms with Gasteiger partial charge in [0.2, 0.25) is 0 Å². The molecule has 3 heteroatoms. The van der Waals surface area contributed by atoms with Gasteiger partial charge < -0.3 is 0 Å². The van der Waals surface area contributed by atoms with E-state index in [1.54, 1.807) is 42.5 Å². The van der Waals surface area contributed by atoms with E-state index in [0.29, 0.717) is 27.3 Å². The molecule has 0 radical (unpaired) electrons. The van der Waals surface area contributed by atoms with Gasteiger partial charge in [0, 0.05) is 27.3 Å². The predicted molar refractivity (Wildman–Crippen MR) is 64.8 cm³/mol. The zero-order chi connectivity index (χ0) is 12.0. The number of benzene rings is 2. The molecule has 3 rings (SSSR count). The van der Waals surface area contributed by atoms with E-state index in [4.69, 9.17) is 11.6 Å². The summed E-state index contributed by atoms with van der Waals surface area (Å²) < 4.78 is 0. The average Bonchev–Trinajstić information content (AvgIpc) is 2.36. The molecule has 0 heterocycles. The molecular formula is C14H7ClO2. The van der Waals surface area contributed by atoms with Crippen LogP contribution in [0, 0.1) is 0 Å². The van der Waals surface area contributed by atoms with E-state index in [-0.39, 0.29) is 11.6 Å². The van der Waals surface area contributed by atoms with Crippen LogP contribution in [0.4, 0.5) is 0 Å². The van der Waals surface area contributed by atoms with Crippen molar-refractivity contribution < 1.29 is 9.59 Å². The first-order valence-electron chi connectivity index (χ1n) is 5.16. The molecule has 0 saturated carbocycles. The molecule has 0 amide bonds. The summed E-state index contributed by atoms with van der Waals surface area (Å²) >= 11 is 5.85. The van der Waals surface area contributed by atoms with Crippen molar-refractivity contribution in [2.75, 3.05) is 0 Å². The summed E-state index contributed by atoms with van der Waals surface area (Å²) in [7, 11) is 0. The third kappa shape index (κ3) is 1.41. The van der Waals surface area contributed by atoms with Crippen LogP contribution in [-0.2, 0) is 0 Å². The van der Waals surface area contributed by atoms with E-state index in [2.05, 4.69) is 0 Å². The van der Waals surface area contributed by atoms with Gasteiger partial charge in [0.25, 0.3) is 0 Å². The van der Waals surface area contributed by atoms with Crippen molar-refractivity contribution in [2.45, 2.75) is 0 Å². The van der Waals surface area contributed by atoms with Gasteiger partial charge in [-0.3, -0.25) is 9.59 Å². The number of hydrogen-bond acceptors (Lipinski definition) is 2. The maximum Gasteiger partial charge on any atom is 0.194 e. The number of fused-ring (bicyclic) bond motifs is 2. The summed E-state index contributed by atoms with van der Waals surface area (Å²) in [5.74, 6) is -0.260. The molecule has 0 fully saturated rings. The zero-order valence-corrected chi connectivity index (χ0v) is 9.49. The second kappa shape index (κ2) is 3.54. The smallest absolute Gasteiger partial charge is 0.194 e. The molecule has 2 nitrogen and oxygen atoms in total. The Labute approximate surface area is 103 Å². The summed E-state index contributed by atoms with van der Waals surface area (Å²) in [6, 6.07) is 11.6. The van der Waals surface area contributed by atoms with Gasteiger partial charge in [-0.2, -0.15) is 0 Å². The molecule has 0 spiro atoms. The van der Waals surface area contributed by atoms with Crippen molar-refractivity contribution in [2.24, 2.45) is 0 Å². The molecule has 1 aliphatic rings. The lowest BCUT2D eigenvalue weighted by Gasteiger charge is -2.16. The van der Waals surface area contributed by atoms with Crippen molar-refractivity contribution in [3.8, 4) is 0 Å². The Balaban J connectivity index is 2.33. The fourth-order valence-corrected chi connectivity index (χ4v) is 2.24. The van der Waals surface area contributed by atoms with Gasteiger partial charge in [-0.05, 0) is 18.2 Å². The van der Waals surface area contributed by atoms with Crippen molar-refractivity contribution in [3.05, 3.63) is 69.7 Å². The van der Waals surface area contributed by atoms with Crippen LogP contribution in [0.25, 0.3) is 0 Å². The maximum atomic E-state index is 12.2. The van der Waals surface area contributed by atoms with E-state index < -0.39 is 0 Å². The molecular weight excluding hydrogens is 236 g/mol. The molecule has 2 aromatic carbocycles. The molecule has 1 aliphatic carbocycles. The van der Waals surface area contributed by atoms with Gasteiger partial charge in [0.15, 0.2) is 11.6 Å². The molecule has 0 saturated heterocycles. The molecule has 0 N–H and O–H groups in total. The number of carbonyl (C=O) groups excluding carboxylic acids is 2. The number of hydrogen-bond donors (Lipinski definition) is 0. The summed E-state index contributed by atoms with van der Waals surface area (Å²) in [6.45, 7) is 0. The van der Waals surface area contributed by atoms with Gasteiger partial charge >= 0.3 is 0 Å². The lowest BCUT2D eigenvalue weighted by Crippen LogP contribution is -2.20. The van der Waals surface area contributed by atoms with E-state index >= 15 is 0 Å². The minimum atomic E-state index is -0.141. The molecule has 0 aliphatic heterocycles. The molecule has 0 aromatic heterocycles. The second-order valence-electron chi connectivity index (χ2n) is 3.89. The highest BCUT2D eigenvalue weighted by Crippen LogP contribution is 2.28. The predicted octanol–water partition coefficient (Wildman–Crippen LogP) is 3.12. The van der Waals surface area contributed by atoms with E-state index in [1.807, 2.05) is 0 Å². The van der Waals surface area contributed by atoms with Crippen LogP contribution in [0.5, 0.6) is 0 Å². The first-order valence-corrected chi connectivity index (χ1v) is 5.54. The summed E-state index contributed by atoms with van der Waals surface area (Å²) in [6.07, 6.45) is 0. The Hall–Kier alpha value is -1.93. The third-order valence-electron chi connectivity index (χ3n) is 2.89. The normalized spacial score (nSPS) is 13.2. The monoisotopic (exact) mass is 242 g/mol. The Bertz CT molecular complexity index is 659. The maximum absolute atomic E-state index is 12.2. The van der Waals surface area contributed by atoms with Crippen molar-refractivity contribution in [3.63, 3.8) is 0 Å². The van der Waals surface area contributed by atoms with Gasteiger partial charge in [0.05, 0.1) is 0 Å². The summed E-state index contributed by atoms with van der Waals surface area (Å²) in [5.41, 5.74) is 1.74. The summed E-state index contributed by atoms with van der Waals surface area (Å²) in [5, 5.41) is 0.462. The van der Waals surface area contributed by atoms with E-state index in [9.17, 15) is 9.59 Å². The fourth-order valence-electron chi connectivity index (χ4n) is 2.07. The highest BCUT2D eigenvalue weighted by Gasteiger charge is 2.28. The van der Waals surface area contributed by atoms with Gasteiger partial charge in [0.1, 0.15) is 0 Å².